The van der Waals surface area contributed by atoms with Crippen LogP contribution >= 0.6 is 11.3 Å². The SMILES string of the molecule is Cc1ncc(CNC(=O)N2CCC[C@@H]2C(=O)O)s1. The van der Waals surface area contributed by atoms with Gasteiger partial charge in [-0.1, -0.05) is 0 Å². The molecule has 1 aliphatic rings. The number of rotatable bonds is 3. The lowest BCUT2D eigenvalue weighted by Crippen LogP contribution is -2.45. The second-order valence-electron chi connectivity index (χ2n) is 4.19. The molecule has 0 spiro atoms. The largest absolute Gasteiger partial charge is 0.480 e. The van der Waals surface area contributed by atoms with E-state index in [1.165, 1.54) is 16.2 Å². The number of amides is 2. The highest BCUT2D eigenvalue weighted by molar-refractivity contribution is 7.11. The van der Waals surface area contributed by atoms with Crippen molar-refractivity contribution in [1.29, 1.82) is 0 Å². The summed E-state index contributed by atoms with van der Waals surface area (Å²) in [5, 5.41) is 12.7. The van der Waals surface area contributed by atoms with Gasteiger partial charge in [0.25, 0.3) is 0 Å². The molecule has 1 atom stereocenters. The van der Waals surface area contributed by atoms with Crippen LogP contribution in [0.15, 0.2) is 6.20 Å². The first-order valence-corrected chi connectivity index (χ1v) is 6.58. The van der Waals surface area contributed by atoms with Gasteiger partial charge in [0, 0.05) is 17.6 Å². The number of carboxylic acid groups (broad SMARTS) is 1. The van der Waals surface area contributed by atoms with Crippen molar-refractivity contribution in [1.82, 2.24) is 15.2 Å². The minimum absolute atomic E-state index is 0.314. The number of carbonyl (C=O) groups excluding carboxylic acids is 1. The molecule has 98 valence electrons. The van der Waals surface area contributed by atoms with Crippen LogP contribution in [0.4, 0.5) is 4.79 Å². The van der Waals surface area contributed by atoms with Crippen LogP contribution in [-0.4, -0.2) is 39.6 Å². The van der Waals surface area contributed by atoms with Crippen molar-refractivity contribution < 1.29 is 14.7 Å². The van der Waals surface area contributed by atoms with E-state index < -0.39 is 12.0 Å². The molecule has 2 heterocycles. The minimum Gasteiger partial charge on any atom is -0.480 e. The van der Waals surface area contributed by atoms with Gasteiger partial charge < -0.3 is 15.3 Å². The average molecular weight is 269 g/mol. The van der Waals surface area contributed by atoms with E-state index in [1.807, 2.05) is 6.92 Å². The highest BCUT2D eigenvalue weighted by Crippen LogP contribution is 2.17. The minimum atomic E-state index is -0.934. The van der Waals surface area contributed by atoms with Gasteiger partial charge >= 0.3 is 12.0 Å². The molecule has 18 heavy (non-hydrogen) atoms. The highest BCUT2D eigenvalue weighted by atomic mass is 32.1. The fourth-order valence-electron chi connectivity index (χ4n) is 2.02. The number of thiazole rings is 1. The molecule has 7 heteroatoms. The van der Waals surface area contributed by atoms with Crippen LogP contribution in [0.3, 0.4) is 0 Å². The third-order valence-electron chi connectivity index (χ3n) is 2.88. The van der Waals surface area contributed by atoms with Crippen LogP contribution in [0.5, 0.6) is 0 Å². The van der Waals surface area contributed by atoms with E-state index in [0.29, 0.717) is 19.5 Å². The Morgan fingerprint density at radius 3 is 3.06 bits per heavy atom. The van der Waals surface area contributed by atoms with E-state index in [1.54, 1.807) is 6.20 Å². The van der Waals surface area contributed by atoms with E-state index in [0.717, 1.165) is 16.3 Å². The van der Waals surface area contributed by atoms with Crippen LogP contribution in [0.2, 0.25) is 0 Å². The quantitative estimate of drug-likeness (QED) is 0.864. The van der Waals surface area contributed by atoms with Crippen molar-refractivity contribution in [3.8, 4) is 0 Å². The van der Waals surface area contributed by atoms with E-state index in [4.69, 9.17) is 5.11 Å². The summed E-state index contributed by atoms with van der Waals surface area (Å²) < 4.78 is 0. The molecule has 1 aromatic rings. The third kappa shape index (κ3) is 2.79. The van der Waals surface area contributed by atoms with E-state index in [-0.39, 0.29) is 6.03 Å². The number of likely N-dealkylation sites (tertiary alicyclic amines) is 1. The molecule has 0 aromatic carbocycles. The lowest BCUT2D eigenvalue weighted by molar-refractivity contribution is -0.141. The summed E-state index contributed by atoms with van der Waals surface area (Å²) in [7, 11) is 0. The summed E-state index contributed by atoms with van der Waals surface area (Å²) in [5.74, 6) is -0.934. The number of aliphatic carboxylic acids is 1. The predicted octanol–water partition coefficient (Wildman–Crippen LogP) is 1.21. The Morgan fingerprint density at radius 2 is 2.44 bits per heavy atom. The molecular weight excluding hydrogens is 254 g/mol. The monoisotopic (exact) mass is 269 g/mol. The zero-order valence-corrected chi connectivity index (χ0v) is 10.9. The van der Waals surface area contributed by atoms with E-state index in [2.05, 4.69) is 10.3 Å². The number of nitrogens with one attached hydrogen (secondary N) is 1. The number of aromatic nitrogens is 1. The molecule has 0 radical (unpaired) electrons. The Hall–Kier alpha value is -1.63. The molecule has 2 amide bonds. The molecule has 0 saturated carbocycles. The molecular formula is C11H15N3O3S. The van der Waals surface area contributed by atoms with Gasteiger partial charge in [0.15, 0.2) is 0 Å². The van der Waals surface area contributed by atoms with Gasteiger partial charge in [-0.2, -0.15) is 0 Å². The Kier molecular flexibility index (Phi) is 3.81. The van der Waals surface area contributed by atoms with Crippen molar-refractivity contribution in [2.45, 2.75) is 32.4 Å². The van der Waals surface area contributed by atoms with Crippen LogP contribution in [0.25, 0.3) is 0 Å². The summed E-state index contributed by atoms with van der Waals surface area (Å²) in [4.78, 5) is 29.3. The molecule has 2 N–H and O–H groups in total. The number of hydrogen-bond acceptors (Lipinski definition) is 4. The first-order valence-electron chi connectivity index (χ1n) is 5.76. The Morgan fingerprint density at radius 1 is 1.67 bits per heavy atom. The fraction of sp³-hybridized carbons (Fsp3) is 0.545. The molecule has 0 bridgehead atoms. The van der Waals surface area contributed by atoms with E-state index >= 15 is 0 Å². The lowest BCUT2D eigenvalue weighted by atomic mass is 10.2. The summed E-state index contributed by atoms with van der Waals surface area (Å²) in [6.45, 7) is 2.80. The Bertz CT molecular complexity index is 460. The molecule has 1 aromatic heterocycles. The summed E-state index contributed by atoms with van der Waals surface area (Å²) >= 11 is 1.52. The smallest absolute Gasteiger partial charge is 0.326 e. The lowest BCUT2D eigenvalue weighted by Gasteiger charge is -2.21. The van der Waals surface area contributed by atoms with Gasteiger partial charge in [-0.15, -0.1) is 11.3 Å². The van der Waals surface area contributed by atoms with Gasteiger partial charge in [0.05, 0.1) is 11.6 Å². The van der Waals surface area contributed by atoms with E-state index in [9.17, 15) is 9.59 Å². The number of aryl methyl sites for hydroxylation is 1. The Balaban J connectivity index is 1.89. The van der Waals surface area contributed by atoms with Crippen molar-refractivity contribution in [2.24, 2.45) is 0 Å². The molecule has 0 unspecified atom stereocenters. The predicted molar refractivity (Wildman–Crippen MR) is 66.5 cm³/mol. The van der Waals surface area contributed by atoms with Gasteiger partial charge in [-0.3, -0.25) is 0 Å². The van der Waals surface area contributed by atoms with Crippen molar-refractivity contribution in [3.63, 3.8) is 0 Å². The Labute approximate surface area is 109 Å². The molecule has 1 saturated heterocycles. The van der Waals surface area contributed by atoms with Gasteiger partial charge in [-0.05, 0) is 19.8 Å². The molecule has 1 aliphatic heterocycles. The number of carboxylic acids is 1. The average Bonchev–Trinajstić information content (AvgIpc) is 2.94. The summed E-state index contributed by atoms with van der Waals surface area (Å²) in [6.07, 6.45) is 2.99. The van der Waals surface area contributed by atoms with Crippen LogP contribution < -0.4 is 5.32 Å². The van der Waals surface area contributed by atoms with Gasteiger partial charge in [-0.25, -0.2) is 14.6 Å². The number of nitrogens with zero attached hydrogens (tertiary/aromatic N) is 2. The van der Waals surface area contributed by atoms with Crippen LogP contribution in [-0.2, 0) is 11.3 Å². The highest BCUT2D eigenvalue weighted by Gasteiger charge is 2.33. The standard InChI is InChI=1S/C11H15N3O3S/c1-7-12-5-8(18-7)6-13-11(17)14-4-2-3-9(14)10(15)16/h5,9H,2-4,6H2,1H3,(H,13,17)(H,15,16)/t9-/m1/s1. The fourth-order valence-corrected chi connectivity index (χ4v) is 2.75. The topological polar surface area (TPSA) is 82.5 Å². The second-order valence-corrected chi connectivity index (χ2v) is 5.51. The van der Waals surface area contributed by atoms with Crippen molar-refractivity contribution >= 4 is 23.3 Å². The maximum Gasteiger partial charge on any atom is 0.326 e. The van der Waals surface area contributed by atoms with Crippen LogP contribution in [0, 0.1) is 6.92 Å². The number of carbonyl (C=O) groups is 2. The van der Waals surface area contributed by atoms with Gasteiger partial charge in [0.2, 0.25) is 0 Å². The summed E-state index contributed by atoms with van der Waals surface area (Å²) in [6, 6.07) is -1.00. The maximum absolute atomic E-state index is 11.9. The second kappa shape index (κ2) is 5.34. The normalized spacial score (nSPS) is 18.9. The molecule has 1 fully saturated rings. The third-order valence-corrected chi connectivity index (χ3v) is 3.79. The van der Waals surface area contributed by atoms with Crippen LogP contribution in [0.1, 0.15) is 22.7 Å². The summed E-state index contributed by atoms with van der Waals surface area (Å²) in [5.41, 5.74) is 0. The number of urea groups is 1. The first-order chi connectivity index (χ1) is 8.58. The molecule has 2 rings (SSSR count). The maximum atomic E-state index is 11.9. The molecule has 0 aliphatic carbocycles. The number of hydrogen-bond donors (Lipinski definition) is 2. The zero-order valence-electron chi connectivity index (χ0n) is 10.0. The van der Waals surface area contributed by atoms with Crippen molar-refractivity contribution in [3.05, 3.63) is 16.1 Å². The zero-order chi connectivity index (χ0) is 13.1. The first kappa shape index (κ1) is 12.8. The molecule has 6 nitrogen and oxygen atoms in total. The van der Waals surface area contributed by atoms with Gasteiger partial charge in [0.1, 0.15) is 6.04 Å². The van der Waals surface area contributed by atoms with Crippen molar-refractivity contribution in [2.75, 3.05) is 6.54 Å².